The minimum atomic E-state index is 0.0334. The Bertz CT molecular complexity index is 958. The number of unbranched alkanes of at least 4 members (excludes halogenated alkanes) is 2. The first-order chi connectivity index (χ1) is 15.4. The van der Waals surface area contributed by atoms with Gasteiger partial charge in [-0.3, -0.25) is 0 Å². The van der Waals surface area contributed by atoms with Crippen LogP contribution >= 0.6 is 0 Å². The monoisotopic (exact) mass is 433 g/mol. The molecule has 0 radical (unpaired) electrons. The molecular formula is C29H39NO2. The molecule has 1 atom stereocenters. The summed E-state index contributed by atoms with van der Waals surface area (Å²) in [6.07, 6.45) is 12.0. The highest BCUT2D eigenvalue weighted by Crippen LogP contribution is 2.44. The van der Waals surface area contributed by atoms with E-state index in [1.807, 2.05) is 12.1 Å². The number of aryl methyl sites for hydroxylation is 1. The molecule has 2 aromatic carbocycles. The van der Waals surface area contributed by atoms with Gasteiger partial charge in [0.25, 0.3) is 0 Å². The third kappa shape index (κ3) is 5.97. The van der Waals surface area contributed by atoms with E-state index in [1.165, 1.54) is 16.7 Å². The van der Waals surface area contributed by atoms with Crippen molar-refractivity contribution in [1.29, 1.82) is 0 Å². The van der Waals surface area contributed by atoms with Gasteiger partial charge in [-0.05, 0) is 82.6 Å². The Balaban J connectivity index is 1.89. The lowest BCUT2D eigenvalue weighted by atomic mass is 9.89. The van der Waals surface area contributed by atoms with Crippen molar-refractivity contribution in [1.82, 2.24) is 0 Å². The number of hydrogen-bond donors (Lipinski definition) is 3. The first kappa shape index (κ1) is 24.0. The van der Waals surface area contributed by atoms with Crippen molar-refractivity contribution in [2.75, 3.05) is 5.32 Å². The summed E-state index contributed by atoms with van der Waals surface area (Å²) in [5, 5.41) is 25.8. The minimum Gasteiger partial charge on any atom is -0.508 e. The van der Waals surface area contributed by atoms with Crippen LogP contribution in [0, 0.1) is 0 Å². The number of phenolic OH excluding ortho intramolecular Hbond substituents is 2. The Labute approximate surface area is 193 Å². The number of phenols is 2. The van der Waals surface area contributed by atoms with E-state index in [0.29, 0.717) is 12.0 Å². The Morgan fingerprint density at radius 2 is 1.88 bits per heavy atom. The maximum Gasteiger partial charge on any atom is 0.128 e. The van der Waals surface area contributed by atoms with Crippen LogP contribution in [0.1, 0.15) is 88.1 Å². The molecule has 0 aliphatic carbocycles. The van der Waals surface area contributed by atoms with Crippen LogP contribution in [-0.4, -0.2) is 10.2 Å². The van der Waals surface area contributed by atoms with Gasteiger partial charge in [0.1, 0.15) is 11.5 Å². The van der Waals surface area contributed by atoms with Gasteiger partial charge < -0.3 is 15.5 Å². The molecule has 1 unspecified atom stereocenters. The van der Waals surface area contributed by atoms with E-state index >= 15 is 0 Å². The number of allylic oxidation sites excluding steroid dienone is 4. The lowest BCUT2D eigenvalue weighted by Crippen LogP contribution is -2.11. The summed E-state index contributed by atoms with van der Waals surface area (Å²) in [7, 11) is 0. The zero-order valence-corrected chi connectivity index (χ0v) is 20.2. The molecule has 3 nitrogen and oxygen atoms in total. The van der Waals surface area contributed by atoms with E-state index < -0.39 is 0 Å². The van der Waals surface area contributed by atoms with Crippen molar-refractivity contribution >= 4 is 5.69 Å². The van der Waals surface area contributed by atoms with Crippen LogP contribution < -0.4 is 5.32 Å². The fourth-order valence-corrected chi connectivity index (χ4v) is 4.57. The largest absolute Gasteiger partial charge is 0.508 e. The van der Waals surface area contributed by atoms with E-state index in [-0.39, 0.29) is 17.5 Å². The lowest BCUT2D eigenvalue weighted by Gasteiger charge is -2.21. The van der Waals surface area contributed by atoms with Gasteiger partial charge in [-0.15, -0.1) is 0 Å². The quantitative estimate of drug-likeness (QED) is 0.265. The molecule has 172 valence electrons. The van der Waals surface area contributed by atoms with Crippen molar-refractivity contribution in [2.24, 2.45) is 0 Å². The van der Waals surface area contributed by atoms with Gasteiger partial charge in [-0.2, -0.15) is 0 Å². The summed E-state index contributed by atoms with van der Waals surface area (Å²) in [4.78, 5) is 0. The summed E-state index contributed by atoms with van der Waals surface area (Å²) in [5.41, 5.74) is 7.69. The summed E-state index contributed by atoms with van der Waals surface area (Å²) in [5.74, 6) is 0.469. The predicted molar refractivity (Wildman–Crippen MR) is 136 cm³/mol. The highest BCUT2D eigenvalue weighted by Gasteiger charge is 2.28. The van der Waals surface area contributed by atoms with Gasteiger partial charge in [0.2, 0.25) is 0 Å². The number of aromatic hydroxyl groups is 2. The molecule has 0 aromatic heterocycles. The number of fused-ring (bicyclic) bond motifs is 1. The average Bonchev–Trinajstić information content (AvgIpc) is 3.17. The SMILES string of the molecule is CCCCCc1cc(O)c(CC=C(C)CCC=C(C)C)c(O)c1C1Cc2ccccc2N1. The van der Waals surface area contributed by atoms with Crippen molar-refractivity contribution in [3.8, 4) is 11.5 Å². The molecular weight excluding hydrogens is 394 g/mol. The Morgan fingerprint density at radius 3 is 2.59 bits per heavy atom. The maximum absolute atomic E-state index is 11.4. The highest BCUT2D eigenvalue weighted by molar-refractivity contribution is 5.63. The molecule has 0 fully saturated rings. The molecule has 0 bridgehead atoms. The second-order valence-corrected chi connectivity index (χ2v) is 9.39. The molecule has 0 spiro atoms. The first-order valence-electron chi connectivity index (χ1n) is 12.1. The normalized spacial score (nSPS) is 15.4. The topological polar surface area (TPSA) is 52.5 Å². The number of hydrogen-bond acceptors (Lipinski definition) is 3. The average molecular weight is 434 g/mol. The molecule has 2 aromatic rings. The number of benzene rings is 2. The molecule has 1 aliphatic rings. The Hall–Kier alpha value is -2.68. The molecule has 32 heavy (non-hydrogen) atoms. The molecule has 3 heteroatoms. The summed E-state index contributed by atoms with van der Waals surface area (Å²) in [6.45, 7) is 8.56. The smallest absolute Gasteiger partial charge is 0.128 e. The minimum absolute atomic E-state index is 0.0334. The third-order valence-electron chi connectivity index (χ3n) is 6.42. The number of rotatable bonds is 10. The molecule has 0 saturated carbocycles. The van der Waals surface area contributed by atoms with Crippen LogP contribution in [0.2, 0.25) is 0 Å². The summed E-state index contributed by atoms with van der Waals surface area (Å²) in [6, 6.07) is 10.3. The van der Waals surface area contributed by atoms with Gasteiger partial charge in [0.05, 0.1) is 6.04 Å². The molecule has 1 heterocycles. The van der Waals surface area contributed by atoms with E-state index in [2.05, 4.69) is 63.4 Å². The Morgan fingerprint density at radius 1 is 1.09 bits per heavy atom. The fourth-order valence-electron chi connectivity index (χ4n) is 4.57. The zero-order valence-electron chi connectivity index (χ0n) is 20.2. The molecule has 1 aliphatic heterocycles. The van der Waals surface area contributed by atoms with Gasteiger partial charge in [0, 0.05) is 16.8 Å². The van der Waals surface area contributed by atoms with Crippen molar-refractivity contribution in [3.05, 3.63) is 75.9 Å². The van der Waals surface area contributed by atoms with E-state index in [4.69, 9.17) is 0 Å². The first-order valence-corrected chi connectivity index (χ1v) is 12.1. The van der Waals surface area contributed by atoms with Gasteiger partial charge in [-0.1, -0.05) is 61.3 Å². The van der Waals surface area contributed by atoms with Gasteiger partial charge in [0.15, 0.2) is 0 Å². The van der Waals surface area contributed by atoms with Gasteiger partial charge >= 0.3 is 0 Å². The number of nitrogens with one attached hydrogen (secondary N) is 1. The van der Waals surface area contributed by atoms with Crippen LogP contribution in [0.15, 0.2) is 53.6 Å². The van der Waals surface area contributed by atoms with E-state index in [9.17, 15) is 10.2 Å². The maximum atomic E-state index is 11.4. The van der Waals surface area contributed by atoms with Crippen molar-refractivity contribution in [3.63, 3.8) is 0 Å². The Kier molecular flexibility index (Phi) is 8.44. The van der Waals surface area contributed by atoms with Crippen molar-refractivity contribution in [2.45, 2.75) is 85.1 Å². The van der Waals surface area contributed by atoms with Crippen molar-refractivity contribution < 1.29 is 10.2 Å². The van der Waals surface area contributed by atoms with E-state index in [1.54, 1.807) is 0 Å². The summed E-state index contributed by atoms with van der Waals surface area (Å²) >= 11 is 0. The summed E-state index contributed by atoms with van der Waals surface area (Å²) < 4.78 is 0. The van der Waals surface area contributed by atoms with Crippen LogP contribution in [0.3, 0.4) is 0 Å². The standard InChI is InChI=1S/C29H39NO2/c1-5-6-7-14-23-19-27(31)24(17-16-21(4)12-10-11-20(2)3)29(32)28(23)26-18-22-13-8-9-15-25(22)30-26/h8-9,11,13,15-16,19,26,30-32H,5-7,10,12,14,17-18H2,1-4H3. The van der Waals surface area contributed by atoms with Crippen LogP contribution in [0.5, 0.6) is 11.5 Å². The third-order valence-corrected chi connectivity index (χ3v) is 6.42. The zero-order chi connectivity index (χ0) is 23.1. The van der Waals surface area contributed by atoms with Crippen LogP contribution in [0.4, 0.5) is 5.69 Å². The molecule has 3 N–H and O–H groups in total. The lowest BCUT2D eigenvalue weighted by molar-refractivity contribution is 0.431. The fraction of sp³-hybridized carbons (Fsp3) is 0.448. The van der Waals surface area contributed by atoms with Gasteiger partial charge in [-0.25, -0.2) is 0 Å². The predicted octanol–water partition coefficient (Wildman–Crippen LogP) is 7.78. The molecule has 0 saturated heterocycles. The highest BCUT2D eigenvalue weighted by atomic mass is 16.3. The molecule has 0 amide bonds. The van der Waals surface area contributed by atoms with Crippen LogP contribution in [-0.2, 0) is 19.3 Å². The van der Waals surface area contributed by atoms with E-state index in [0.717, 1.165) is 61.8 Å². The molecule has 3 rings (SSSR count). The number of anilines is 1. The number of para-hydroxylation sites is 1. The second-order valence-electron chi connectivity index (χ2n) is 9.39. The van der Waals surface area contributed by atoms with Crippen LogP contribution in [0.25, 0.3) is 0 Å². The second kappa shape index (κ2) is 11.3.